The van der Waals surface area contributed by atoms with E-state index in [1.165, 1.54) is 57.8 Å². The summed E-state index contributed by atoms with van der Waals surface area (Å²) in [7, 11) is 0. The van der Waals surface area contributed by atoms with E-state index in [0.717, 1.165) is 25.7 Å². The third-order valence-electron chi connectivity index (χ3n) is 4.73. The molecular weight excluding hydrogens is 312 g/mol. The molecular formula is C21H38N2O2. The van der Waals surface area contributed by atoms with E-state index in [0.29, 0.717) is 6.61 Å². The topological polar surface area (TPSA) is 44.1 Å². The van der Waals surface area contributed by atoms with Gasteiger partial charge in [-0.25, -0.2) is 9.78 Å². The van der Waals surface area contributed by atoms with Crippen molar-refractivity contribution in [3.63, 3.8) is 0 Å². The fraction of sp³-hybridized carbons (Fsp3) is 0.810. The highest BCUT2D eigenvalue weighted by Crippen LogP contribution is 2.19. The molecule has 0 saturated heterocycles. The van der Waals surface area contributed by atoms with E-state index >= 15 is 0 Å². The van der Waals surface area contributed by atoms with Crippen LogP contribution in [0.3, 0.4) is 0 Å². The van der Waals surface area contributed by atoms with Gasteiger partial charge in [0, 0.05) is 12.4 Å². The Hall–Kier alpha value is -1.32. The van der Waals surface area contributed by atoms with Crippen molar-refractivity contribution in [3.8, 4) is 0 Å². The number of aromatic nitrogens is 2. The van der Waals surface area contributed by atoms with Gasteiger partial charge in [-0.1, -0.05) is 84.5 Å². The van der Waals surface area contributed by atoms with Crippen LogP contribution in [0.4, 0.5) is 0 Å². The molecule has 1 aromatic rings. The summed E-state index contributed by atoms with van der Waals surface area (Å²) in [6.07, 6.45) is 20.8. The lowest BCUT2D eigenvalue weighted by Crippen LogP contribution is -2.21. The maximum absolute atomic E-state index is 12.5. The van der Waals surface area contributed by atoms with E-state index in [-0.39, 0.29) is 12.0 Å². The van der Waals surface area contributed by atoms with Crippen LogP contribution in [-0.4, -0.2) is 22.1 Å². The summed E-state index contributed by atoms with van der Waals surface area (Å²) in [5.74, 6) is -0.0971. The molecule has 1 rings (SSSR count). The molecule has 1 atom stereocenters. The van der Waals surface area contributed by atoms with Crippen molar-refractivity contribution >= 4 is 5.97 Å². The molecule has 0 bridgehead atoms. The average molecular weight is 351 g/mol. The molecule has 1 heterocycles. The van der Waals surface area contributed by atoms with Crippen molar-refractivity contribution < 1.29 is 9.53 Å². The van der Waals surface area contributed by atoms with Gasteiger partial charge in [-0.15, -0.1) is 0 Å². The highest BCUT2D eigenvalue weighted by molar-refractivity contribution is 5.74. The number of hydrogen-bond donors (Lipinski definition) is 0. The van der Waals surface area contributed by atoms with Gasteiger partial charge < -0.3 is 9.30 Å². The number of carbonyl (C=O) groups is 1. The Labute approximate surface area is 154 Å². The van der Waals surface area contributed by atoms with Crippen LogP contribution in [-0.2, 0) is 9.53 Å². The molecule has 0 radical (unpaired) electrons. The van der Waals surface area contributed by atoms with Gasteiger partial charge in [-0.05, 0) is 12.8 Å². The molecule has 0 amide bonds. The first kappa shape index (κ1) is 21.7. The molecule has 0 N–H and O–H groups in total. The molecule has 25 heavy (non-hydrogen) atoms. The zero-order chi connectivity index (χ0) is 18.2. The monoisotopic (exact) mass is 350 g/mol. The first-order valence-corrected chi connectivity index (χ1v) is 10.4. The number of esters is 1. The fourth-order valence-corrected chi connectivity index (χ4v) is 3.11. The van der Waals surface area contributed by atoms with Gasteiger partial charge in [0.2, 0.25) is 0 Å². The van der Waals surface area contributed by atoms with Gasteiger partial charge in [-0.3, -0.25) is 0 Å². The Balaban J connectivity index is 2.26. The highest BCUT2D eigenvalue weighted by atomic mass is 16.5. The molecule has 0 fully saturated rings. The fourth-order valence-electron chi connectivity index (χ4n) is 3.11. The Kier molecular flexibility index (Phi) is 13.0. The van der Waals surface area contributed by atoms with E-state index in [9.17, 15) is 4.79 Å². The van der Waals surface area contributed by atoms with Crippen molar-refractivity contribution in [2.45, 2.75) is 103 Å². The minimum Gasteiger partial charge on any atom is -0.464 e. The molecule has 1 unspecified atom stereocenters. The maximum Gasteiger partial charge on any atom is 0.329 e. The first-order chi connectivity index (χ1) is 12.3. The smallest absolute Gasteiger partial charge is 0.329 e. The van der Waals surface area contributed by atoms with Gasteiger partial charge in [0.15, 0.2) is 0 Å². The number of carbonyl (C=O) groups excluding carboxylic acids is 1. The zero-order valence-corrected chi connectivity index (χ0v) is 16.4. The highest BCUT2D eigenvalue weighted by Gasteiger charge is 2.21. The van der Waals surface area contributed by atoms with Crippen LogP contribution in [0.15, 0.2) is 18.7 Å². The average Bonchev–Trinajstić information content (AvgIpc) is 3.14. The SMILES string of the molecule is CCCCCCCCOC(=O)C(CCCCCCCC)n1ccnc1. The van der Waals surface area contributed by atoms with E-state index in [1.54, 1.807) is 12.5 Å². The molecule has 0 aromatic carbocycles. The van der Waals surface area contributed by atoms with E-state index in [2.05, 4.69) is 18.8 Å². The molecule has 1 aromatic heterocycles. The Morgan fingerprint density at radius 2 is 1.52 bits per heavy atom. The molecule has 144 valence electrons. The molecule has 4 nitrogen and oxygen atoms in total. The third kappa shape index (κ3) is 10.3. The van der Waals surface area contributed by atoms with Crippen LogP contribution in [0.5, 0.6) is 0 Å². The van der Waals surface area contributed by atoms with Crippen molar-refractivity contribution in [2.75, 3.05) is 6.61 Å². The number of ether oxygens (including phenoxy) is 1. The van der Waals surface area contributed by atoms with Gasteiger partial charge >= 0.3 is 5.97 Å². The standard InChI is InChI=1S/C21H38N2O2/c1-3-5-7-9-11-13-15-20(23-17-16-22-19-23)21(24)25-18-14-12-10-8-6-4-2/h16-17,19-20H,3-15,18H2,1-2H3. The van der Waals surface area contributed by atoms with Crippen LogP contribution >= 0.6 is 0 Å². The summed E-state index contributed by atoms with van der Waals surface area (Å²) in [5, 5.41) is 0. The number of unbranched alkanes of at least 4 members (excludes halogenated alkanes) is 10. The molecule has 0 spiro atoms. The van der Waals surface area contributed by atoms with Gasteiger partial charge in [0.1, 0.15) is 6.04 Å². The number of hydrogen-bond acceptors (Lipinski definition) is 3. The maximum atomic E-state index is 12.5. The second-order valence-electron chi connectivity index (χ2n) is 7.02. The second-order valence-corrected chi connectivity index (χ2v) is 7.02. The van der Waals surface area contributed by atoms with Crippen LogP contribution in [0, 0.1) is 0 Å². The first-order valence-electron chi connectivity index (χ1n) is 10.4. The molecule has 0 aliphatic heterocycles. The second kappa shape index (κ2) is 15.0. The lowest BCUT2D eigenvalue weighted by molar-refractivity contribution is -0.148. The van der Waals surface area contributed by atoms with Gasteiger partial charge in [-0.2, -0.15) is 0 Å². The quantitative estimate of drug-likeness (QED) is 0.268. The molecule has 0 aliphatic carbocycles. The Bertz CT molecular complexity index is 418. The summed E-state index contributed by atoms with van der Waals surface area (Å²) >= 11 is 0. The van der Waals surface area contributed by atoms with Crippen molar-refractivity contribution in [1.82, 2.24) is 9.55 Å². The van der Waals surface area contributed by atoms with Gasteiger partial charge in [0.05, 0.1) is 12.9 Å². The number of nitrogens with zero attached hydrogens (tertiary/aromatic N) is 2. The molecule has 0 saturated carbocycles. The Morgan fingerprint density at radius 1 is 0.920 bits per heavy atom. The zero-order valence-electron chi connectivity index (χ0n) is 16.4. The number of rotatable bonds is 16. The normalized spacial score (nSPS) is 12.2. The van der Waals surface area contributed by atoms with E-state index in [1.807, 2.05) is 10.8 Å². The summed E-state index contributed by atoms with van der Waals surface area (Å²) in [4.78, 5) is 16.6. The van der Waals surface area contributed by atoms with Crippen LogP contribution in [0.25, 0.3) is 0 Å². The molecule has 0 aliphatic rings. The lowest BCUT2D eigenvalue weighted by Gasteiger charge is -2.17. The van der Waals surface area contributed by atoms with Crippen molar-refractivity contribution in [1.29, 1.82) is 0 Å². The van der Waals surface area contributed by atoms with Crippen LogP contribution in [0.1, 0.15) is 103 Å². The third-order valence-corrected chi connectivity index (χ3v) is 4.73. The summed E-state index contributed by atoms with van der Waals surface area (Å²) in [6, 6.07) is -0.214. The minimum atomic E-state index is -0.214. The van der Waals surface area contributed by atoms with E-state index in [4.69, 9.17) is 4.74 Å². The minimum absolute atomic E-state index is 0.0971. The Morgan fingerprint density at radius 3 is 2.12 bits per heavy atom. The van der Waals surface area contributed by atoms with Crippen LogP contribution in [0.2, 0.25) is 0 Å². The number of imidazole rings is 1. The summed E-state index contributed by atoms with van der Waals surface area (Å²) in [5.41, 5.74) is 0. The summed E-state index contributed by atoms with van der Waals surface area (Å²) in [6.45, 7) is 5.00. The predicted molar refractivity (Wildman–Crippen MR) is 104 cm³/mol. The molecule has 4 heteroatoms. The summed E-state index contributed by atoms with van der Waals surface area (Å²) < 4.78 is 7.44. The van der Waals surface area contributed by atoms with Crippen molar-refractivity contribution in [2.24, 2.45) is 0 Å². The lowest BCUT2D eigenvalue weighted by atomic mass is 10.1. The largest absolute Gasteiger partial charge is 0.464 e. The van der Waals surface area contributed by atoms with Crippen molar-refractivity contribution in [3.05, 3.63) is 18.7 Å². The predicted octanol–water partition coefficient (Wildman–Crippen LogP) is 6.08. The van der Waals surface area contributed by atoms with Gasteiger partial charge in [0.25, 0.3) is 0 Å². The van der Waals surface area contributed by atoms with Crippen LogP contribution < -0.4 is 0 Å². The van der Waals surface area contributed by atoms with E-state index < -0.39 is 0 Å².